The van der Waals surface area contributed by atoms with Crippen LogP contribution in [0.4, 0.5) is 4.79 Å². The number of carbonyl (C=O) groups is 2. The smallest absolute Gasteiger partial charge is 0.410 e. The predicted octanol–water partition coefficient (Wildman–Crippen LogP) is 4.37. The lowest BCUT2D eigenvalue weighted by Crippen LogP contribution is -2.54. The molecule has 1 aromatic rings. The largest absolute Gasteiger partial charge is 0.461 e. The highest BCUT2D eigenvalue weighted by Crippen LogP contribution is 2.39. The quantitative estimate of drug-likeness (QED) is 0.667. The monoisotopic (exact) mass is 428 g/mol. The Balaban J connectivity index is 1.25. The second-order valence-corrected chi connectivity index (χ2v) is 10.3. The van der Waals surface area contributed by atoms with E-state index in [1.54, 1.807) is 0 Å². The van der Waals surface area contributed by atoms with Crippen LogP contribution in [0.5, 0.6) is 0 Å². The molecule has 0 aliphatic carbocycles. The first-order chi connectivity index (χ1) is 14.8. The molecule has 4 rings (SSSR count). The molecule has 170 valence electrons. The zero-order valence-corrected chi connectivity index (χ0v) is 19.1. The molecule has 0 aromatic heterocycles. The molecular formula is C25H36N2O4. The standard InChI is InChI=1S/C25H36N2O4/c1-25(2,3)31-24(29)27-20-9-10-21(27)16-22(15-20)26-13-11-19(12-14-26)23(28)30-17-18-7-5-4-6-8-18/h4-8,19-22H,9-17H2,1-3H3/t20-,21+,22+. The van der Waals surface area contributed by atoms with Crippen molar-refractivity contribution in [2.24, 2.45) is 5.92 Å². The maximum Gasteiger partial charge on any atom is 0.410 e. The summed E-state index contributed by atoms with van der Waals surface area (Å²) in [5, 5.41) is 0. The maximum absolute atomic E-state index is 12.7. The van der Waals surface area contributed by atoms with Crippen LogP contribution < -0.4 is 0 Å². The summed E-state index contributed by atoms with van der Waals surface area (Å²) < 4.78 is 11.2. The van der Waals surface area contributed by atoms with E-state index in [9.17, 15) is 9.59 Å². The van der Waals surface area contributed by atoms with Gasteiger partial charge in [0.05, 0.1) is 5.92 Å². The molecule has 3 atom stereocenters. The van der Waals surface area contributed by atoms with Crippen LogP contribution in [0.1, 0.15) is 64.9 Å². The topological polar surface area (TPSA) is 59.1 Å². The van der Waals surface area contributed by atoms with Gasteiger partial charge in [-0.1, -0.05) is 30.3 Å². The third kappa shape index (κ3) is 5.40. The number of nitrogens with zero attached hydrogens (tertiary/aromatic N) is 2. The molecule has 3 fully saturated rings. The number of fused-ring (bicyclic) bond motifs is 2. The zero-order chi connectivity index (χ0) is 22.0. The van der Waals surface area contributed by atoms with Gasteiger partial charge in [0.1, 0.15) is 12.2 Å². The van der Waals surface area contributed by atoms with Gasteiger partial charge < -0.3 is 19.3 Å². The highest BCUT2D eigenvalue weighted by Gasteiger charge is 2.46. The average molecular weight is 429 g/mol. The number of rotatable bonds is 4. The minimum Gasteiger partial charge on any atom is -0.461 e. The van der Waals surface area contributed by atoms with E-state index in [0.717, 1.165) is 57.2 Å². The Labute approximate surface area is 185 Å². The van der Waals surface area contributed by atoms with E-state index in [4.69, 9.17) is 9.47 Å². The van der Waals surface area contributed by atoms with E-state index < -0.39 is 5.60 Å². The first-order valence-corrected chi connectivity index (χ1v) is 11.8. The molecule has 3 saturated heterocycles. The van der Waals surface area contributed by atoms with Crippen LogP contribution in [0.25, 0.3) is 0 Å². The van der Waals surface area contributed by atoms with Crippen molar-refractivity contribution in [1.29, 1.82) is 0 Å². The molecule has 0 radical (unpaired) electrons. The summed E-state index contributed by atoms with van der Waals surface area (Å²) in [5.74, 6) is -0.0677. The van der Waals surface area contributed by atoms with Crippen LogP contribution in [-0.4, -0.2) is 58.7 Å². The van der Waals surface area contributed by atoms with Gasteiger partial charge in [0.2, 0.25) is 0 Å². The Bertz CT molecular complexity index is 753. The molecule has 0 spiro atoms. The summed E-state index contributed by atoms with van der Waals surface area (Å²) in [7, 11) is 0. The van der Waals surface area contributed by atoms with Crippen LogP contribution in [0.3, 0.4) is 0 Å². The van der Waals surface area contributed by atoms with Crippen molar-refractivity contribution >= 4 is 12.1 Å². The number of hydrogen-bond donors (Lipinski definition) is 0. The molecule has 3 aliphatic heterocycles. The van der Waals surface area contributed by atoms with Crippen LogP contribution in [0.2, 0.25) is 0 Å². The van der Waals surface area contributed by atoms with Gasteiger partial charge in [0.15, 0.2) is 0 Å². The van der Waals surface area contributed by atoms with E-state index in [2.05, 4.69) is 4.90 Å². The fraction of sp³-hybridized carbons (Fsp3) is 0.680. The molecule has 1 amide bonds. The van der Waals surface area contributed by atoms with E-state index in [-0.39, 0.29) is 30.1 Å². The SMILES string of the molecule is CC(C)(C)OC(=O)N1[C@@H]2CC[C@H]1C[C@@H](N1CCC(C(=O)OCc3ccccc3)CC1)C2. The second-order valence-electron chi connectivity index (χ2n) is 10.3. The number of hydrogen-bond acceptors (Lipinski definition) is 5. The van der Waals surface area contributed by atoms with Gasteiger partial charge in [-0.15, -0.1) is 0 Å². The van der Waals surface area contributed by atoms with E-state index in [1.165, 1.54) is 0 Å². The zero-order valence-electron chi connectivity index (χ0n) is 19.1. The molecule has 0 N–H and O–H groups in total. The lowest BCUT2D eigenvalue weighted by Gasteiger charge is -2.45. The molecular weight excluding hydrogens is 392 g/mol. The van der Waals surface area contributed by atoms with E-state index >= 15 is 0 Å². The van der Waals surface area contributed by atoms with Gasteiger partial charge in [-0.2, -0.15) is 0 Å². The Hall–Kier alpha value is -2.08. The number of carbonyl (C=O) groups excluding carboxylic acids is 2. The molecule has 31 heavy (non-hydrogen) atoms. The number of amides is 1. The predicted molar refractivity (Wildman–Crippen MR) is 118 cm³/mol. The van der Waals surface area contributed by atoms with Crippen LogP contribution in [0, 0.1) is 5.92 Å². The fourth-order valence-corrected chi connectivity index (χ4v) is 5.41. The third-order valence-electron chi connectivity index (χ3n) is 6.92. The first kappa shape index (κ1) is 22.1. The molecule has 1 aromatic carbocycles. The van der Waals surface area contributed by atoms with Crippen LogP contribution in [0.15, 0.2) is 30.3 Å². The van der Waals surface area contributed by atoms with Gasteiger partial charge in [0, 0.05) is 18.1 Å². The maximum atomic E-state index is 12.7. The normalized spacial score (nSPS) is 27.2. The molecule has 3 heterocycles. The minimum absolute atomic E-state index is 0.00135. The lowest BCUT2D eigenvalue weighted by atomic mass is 9.91. The van der Waals surface area contributed by atoms with Crippen LogP contribution >= 0.6 is 0 Å². The molecule has 2 bridgehead atoms. The minimum atomic E-state index is -0.454. The number of ether oxygens (including phenoxy) is 2. The fourth-order valence-electron chi connectivity index (χ4n) is 5.41. The molecule has 0 saturated carbocycles. The van der Waals surface area contributed by atoms with Gasteiger partial charge in [-0.25, -0.2) is 4.79 Å². The van der Waals surface area contributed by atoms with Gasteiger partial charge in [-0.05, 0) is 77.9 Å². The summed E-state index contributed by atoms with van der Waals surface area (Å²) in [5.41, 5.74) is 0.574. The number of esters is 1. The Kier molecular flexibility index (Phi) is 6.56. The summed E-state index contributed by atoms with van der Waals surface area (Å²) in [4.78, 5) is 29.7. The molecule has 6 heteroatoms. The summed E-state index contributed by atoms with van der Waals surface area (Å²) in [6.07, 6.45) is 5.73. The summed E-state index contributed by atoms with van der Waals surface area (Å²) in [6.45, 7) is 7.99. The molecule has 6 nitrogen and oxygen atoms in total. The van der Waals surface area contributed by atoms with Gasteiger partial charge in [0.25, 0.3) is 0 Å². The Morgan fingerprint density at radius 3 is 2.13 bits per heavy atom. The van der Waals surface area contributed by atoms with Crippen molar-refractivity contribution < 1.29 is 19.1 Å². The average Bonchev–Trinajstić information content (AvgIpc) is 3.01. The third-order valence-corrected chi connectivity index (χ3v) is 6.92. The second kappa shape index (κ2) is 9.19. The van der Waals surface area contributed by atoms with E-state index in [0.29, 0.717) is 12.6 Å². The number of benzene rings is 1. The van der Waals surface area contributed by atoms with E-state index in [1.807, 2.05) is 56.0 Å². The van der Waals surface area contributed by atoms with Gasteiger partial charge >= 0.3 is 12.1 Å². The van der Waals surface area contributed by atoms with Crippen molar-refractivity contribution in [2.75, 3.05) is 13.1 Å². The highest BCUT2D eigenvalue weighted by molar-refractivity contribution is 5.72. The van der Waals surface area contributed by atoms with Crippen molar-refractivity contribution in [3.63, 3.8) is 0 Å². The summed E-state index contributed by atoms with van der Waals surface area (Å²) in [6, 6.07) is 10.9. The molecule has 3 aliphatic rings. The number of piperidine rings is 2. The van der Waals surface area contributed by atoms with Crippen molar-refractivity contribution in [2.45, 2.75) is 89.6 Å². The first-order valence-electron chi connectivity index (χ1n) is 11.8. The van der Waals surface area contributed by atoms with Crippen molar-refractivity contribution in [3.8, 4) is 0 Å². The Morgan fingerprint density at radius 1 is 0.935 bits per heavy atom. The number of likely N-dealkylation sites (tertiary alicyclic amines) is 1. The van der Waals surface area contributed by atoms with Crippen LogP contribution in [-0.2, 0) is 20.9 Å². The molecule has 0 unspecified atom stereocenters. The van der Waals surface area contributed by atoms with Crippen molar-refractivity contribution in [1.82, 2.24) is 9.80 Å². The van der Waals surface area contributed by atoms with Gasteiger partial charge in [-0.3, -0.25) is 4.79 Å². The highest BCUT2D eigenvalue weighted by atomic mass is 16.6. The Morgan fingerprint density at radius 2 is 1.55 bits per heavy atom. The van der Waals surface area contributed by atoms with Crippen molar-refractivity contribution in [3.05, 3.63) is 35.9 Å². The summed E-state index contributed by atoms with van der Waals surface area (Å²) >= 11 is 0. The lowest BCUT2D eigenvalue weighted by molar-refractivity contribution is -0.152.